The van der Waals surface area contributed by atoms with E-state index in [1.165, 1.54) is 5.56 Å². The molecule has 0 bridgehead atoms. The van der Waals surface area contributed by atoms with Gasteiger partial charge in [0.1, 0.15) is 0 Å². The first-order valence-corrected chi connectivity index (χ1v) is 6.52. The predicted molar refractivity (Wildman–Crippen MR) is 73.1 cm³/mol. The Morgan fingerprint density at radius 2 is 1.19 bits per heavy atom. The third-order valence-electron chi connectivity index (χ3n) is 2.49. The van der Waals surface area contributed by atoms with Crippen molar-refractivity contribution in [3.05, 3.63) is 71.8 Å². The molecule has 0 aliphatic heterocycles. The molecule has 82 valence electrons. The molecule has 0 aliphatic rings. The summed E-state index contributed by atoms with van der Waals surface area (Å²) in [5.41, 5.74) is 2.33. The van der Waals surface area contributed by atoms with Crippen molar-refractivity contribution in [1.82, 2.24) is 0 Å². The van der Waals surface area contributed by atoms with Gasteiger partial charge < -0.3 is 0 Å². The van der Waals surface area contributed by atoms with E-state index in [0.29, 0.717) is 0 Å². The number of rotatable bonds is 3. The summed E-state index contributed by atoms with van der Waals surface area (Å²) >= 11 is 10.1. The first-order valence-electron chi connectivity index (χ1n) is 5.17. The van der Waals surface area contributed by atoms with Crippen molar-refractivity contribution in [2.24, 2.45) is 0 Å². The summed E-state index contributed by atoms with van der Waals surface area (Å²) in [6, 6.07) is 20.3. The third-order valence-corrected chi connectivity index (χ3v) is 4.36. The summed E-state index contributed by atoms with van der Waals surface area (Å²) in [6.45, 7) is 0. The molecule has 0 saturated heterocycles. The van der Waals surface area contributed by atoms with Crippen LogP contribution in [0.25, 0.3) is 0 Å². The van der Waals surface area contributed by atoms with E-state index in [4.69, 9.17) is 11.6 Å². The molecule has 2 atom stereocenters. The van der Waals surface area contributed by atoms with Gasteiger partial charge in [-0.1, -0.05) is 76.6 Å². The average molecular weight is 296 g/mol. The molecule has 0 unspecified atom stereocenters. The minimum atomic E-state index is -0.0522. The van der Waals surface area contributed by atoms with E-state index < -0.39 is 0 Å². The van der Waals surface area contributed by atoms with E-state index in [9.17, 15) is 0 Å². The molecule has 0 aliphatic carbocycles. The van der Waals surface area contributed by atoms with Crippen LogP contribution in [0.2, 0.25) is 0 Å². The molecule has 0 saturated carbocycles. The van der Waals surface area contributed by atoms with Crippen molar-refractivity contribution in [2.75, 3.05) is 0 Å². The van der Waals surface area contributed by atoms with Crippen molar-refractivity contribution >= 4 is 27.5 Å². The Bertz CT molecular complexity index is 384. The Balaban J connectivity index is 2.20. The van der Waals surface area contributed by atoms with Crippen LogP contribution in [0, 0.1) is 0 Å². The second kappa shape index (κ2) is 5.51. The van der Waals surface area contributed by atoms with Gasteiger partial charge in [-0.2, -0.15) is 0 Å². The molecule has 2 aromatic rings. The molecule has 0 aromatic heterocycles. The molecular weight excluding hydrogens is 284 g/mol. The number of halogens is 2. The highest BCUT2D eigenvalue weighted by Crippen LogP contribution is 2.40. The molecule has 2 rings (SSSR count). The van der Waals surface area contributed by atoms with Gasteiger partial charge in [0.25, 0.3) is 0 Å². The van der Waals surface area contributed by atoms with Gasteiger partial charge in [0.05, 0.1) is 10.2 Å². The fourth-order valence-electron chi connectivity index (χ4n) is 1.61. The van der Waals surface area contributed by atoms with Crippen LogP contribution in [0.1, 0.15) is 21.3 Å². The van der Waals surface area contributed by atoms with E-state index in [1.54, 1.807) is 0 Å². The van der Waals surface area contributed by atoms with Gasteiger partial charge in [0.15, 0.2) is 0 Å². The van der Waals surface area contributed by atoms with E-state index >= 15 is 0 Å². The van der Waals surface area contributed by atoms with Crippen LogP contribution in [-0.4, -0.2) is 0 Å². The van der Waals surface area contributed by atoms with Gasteiger partial charge in [-0.05, 0) is 11.1 Å². The highest BCUT2D eigenvalue weighted by atomic mass is 79.9. The molecule has 0 spiro atoms. The Hall–Kier alpha value is -0.790. The highest BCUT2D eigenvalue weighted by molar-refractivity contribution is 9.09. The summed E-state index contributed by atoms with van der Waals surface area (Å²) < 4.78 is 0. The molecular formula is C14H12BrCl. The zero-order chi connectivity index (χ0) is 11.4. The van der Waals surface area contributed by atoms with Crippen LogP contribution in [0.15, 0.2) is 60.7 Å². The third kappa shape index (κ3) is 2.66. The fourth-order valence-corrected chi connectivity index (χ4v) is 2.51. The quantitative estimate of drug-likeness (QED) is 0.691. The van der Waals surface area contributed by atoms with Gasteiger partial charge in [-0.15, -0.1) is 11.6 Å². The number of hydrogen-bond donors (Lipinski definition) is 0. The maximum atomic E-state index is 6.44. The van der Waals surface area contributed by atoms with Crippen molar-refractivity contribution < 1.29 is 0 Å². The van der Waals surface area contributed by atoms with E-state index in [-0.39, 0.29) is 10.2 Å². The smallest absolute Gasteiger partial charge is 0.0751 e. The summed E-state index contributed by atoms with van der Waals surface area (Å²) in [4.78, 5) is 0.137. The second-order valence-corrected chi connectivity index (χ2v) is 5.08. The monoisotopic (exact) mass is 294 g/mol. The van der Waals surface area contributed by atoms with Crippen LogP contribution >= 0.6 is 27.5 Å². The van der Waals surface area contributed by atoms with Gasteiger partial charge in [0, 0.05) is 0 Å². The lowest BCUT2D eigenvalue weighted by Gasteiger charge is -2.17. The lowest BCUT2D eigenvalue weighted by molar-refractivity contribution is 0.909. The van der Waals surface area contributed by atoms with Crippen LogP contribution < -0.4 is 0 Å². The minimum absolute atomic E-state index is 0.0522. The molecule has 0 radical (unpaired) electrons. The van der Waals surface area contributed by atoms with Crippen LogP contribution in [0.3, 0.4) is 0 Å². The fraction of sp³-hybridized carbons (Fsp3) is 0.143. The maximum Gasteiger partial charge on any atom is 0.0751 e. The molecule has 2 heteroatoms. The largest absolute Gasteiger partial charge is 0.116 e. The maximum absolute atomic E-state index is 6.44. The normalized spacial score (nSPS) is 14.4. The first kappa shape index (κ1) is 11.7. The minimum Gasteiger partial charge on any atom is -0.116 e. The SMILES string of the molecule is Cl[C@H](c1ccccc1)[C@@H](Br)c1ccccc1. The number of alkyl halides is 2. The molecule has 16 heavy (non-hydrogen) atoms. The van der Waals surface area contributed by atoms with Gasteiger partial charge in [-0.3, -0.25) is 0 Å². The lowest BCUT2D eigenvalue weighted by atomic mass is 10.0. The second-order valence-electron chi connectivity index (χ2n) is 3.62. The van der Waals surface area contributed by atoms with Crippen molar-refractivity contribution in [2.45, 2.75) is 10.2 Å². The molecule has 0 nitrogen and oxygen atoms in total. The Morgan fingerprint density at radius 3 is 1.69 bits per heavy atom. The van der Waals surface area contributed by atoms with Gasteiger partial charge >= 0.3 is 0 Å². The van der Waals surface area contributed by atoms with Crippen LogP contribution in [0.4, 0.5) is 0 Å². The lowest BCUT2D eigenvalue weighted by Crippen LogP contribution is -1.99. The molecule has 0 amide bonds. The van der Waals surface area contributed by atoms with Crippen LogP contribution in [0.5, 0.6) is 0 Å². The molecule has 0 N–H and O–H groups in total. The van der Waals surface area contributed by atoms with Gasteiger partial charge in [0.2, 0.25) is 0 Å². The summed E-state index contributed by atoms with van der Waals surface area (Å²) in [5.74, 6) is 0. The number of hydrogen-bond acceptors (Lipinski definition) is 0. The molecule has 2 aromatic carbocycles. The van der Waals surface area contributed by atoms with Crippen molar-refractivity contribution in [3.63, 3.8) is 0 Å². The standard InChI is InChI=1S/C14H12BrCl/c15-13(11-7-3-1-4-8-11)14(16)12-9-5-2-6-10-12/h1-10,13-14H/t13-,14+/m0/s1. The zero-order valence-electron chi connectivity index (χ0n) is 8.68. The topological polar surface area (TPSA) is 0 Å². The summed E-state index contributed by atoms with van der Waals surface area (Å²) in [6.07, 6.45) is 0. The van der Waals surface area contributed by atoms with Gasteiger partial charge in [-0.25, -0.2) is 0 Å². The van der Waals surface area contributed by atoms with E-state index in [1.807, 2.05) is 36.4 Å². The Morgan fingerprint density at radius 1 is 0.750 bits per heavy atom. The number of benzene rings is 2. The molecule has 0 heterocycles. The first-order chi connectivity index (χ1) is 7.79. The summed E-state index contributed by atoms with van der Waals surface area (Å²) in [7, 11) is 0. The van der Waals surface area contributed by atoms with Crippen LogP contribution in [-0.2, 0) is 0 Å². The average Bonchev–Trinajstić information content (AvgIpc) is 2.39. The Kier molecular flexibility index (Phi) is 4.03. The van der Waals surface area contributed by atoms with Crippen molar-refractivity contribution in [3.8, 4) is 0 Å². The Labute approximate surface area is 109 Å². The predicted octanol–water partition coefficient (Wildman–Crippen LogP) is 5.10. The van der Waals surface area contributed by atoms with E-state index in [0.717, 1.165) is 5.56 Å². The van der Waals surface area contributed by atoms with E-state index in [2.05, 4.69) is 40.2 Å². The zero-order valence-corrected chi connectivity index (χ0v) is 11.0. The highest BCUT2D eigenvalue weighted by Gasteiger charge is 2.19. The van der Waals surface area contributed by atoms with Crippen molar-refractivity contribution in [1.29, 1.82) is 0 Å². The summed E-state index contributed by atoms with van der Waals surface area (Å²) in [5, 5.41) is -0.0522. The molecule has 0 fully saturated rings.